The quantitative estimate of drug-likeness (QED) is 0.740. The van der Waals surface area contributed by atoms with E-state index < -0.39 is 0 Å². The molecule has 0 radical (unpaired) electrons. The second-order valence-electron chi connectivity index (χ2n) is 2.53. The van der Waals surface area contributed by atoms with Gasteiger partial charge in [-0.25, -0.2) is 0 Å². The van der Waals surface area contributed by atoms with Gasteiger partial charge in [0, 0.05) is 0 Å². The summed E-state index contributed by atoms with van der Waals surface area (Å²) >= 11 is 1.29. The highest BCUT2D eigenvalue weighted by Crippen LogP contribution is 2.31. The molecule has 68 valence electrons. The van der Waals surface area contributed by atoms with Crippen LogP contribution in [0.3, 0.4) is 0 Å². The molecule has 2 aromatic rings. The lowest BCUT2D eigenvalue weighted by atomic mass is 10.3. The largest absolute Gasteiger partial charge is 0.492 e. The van der Waals surface area contributed by atoms with Gasteiger partial charge in [-0.2, -0.15) is 0 Å². The predicted octanol–water partition coefficient (Wildman–Crippen LogP) is 1.67. The van der Waals surface area contributed by atoms with Gasteiger partial charge in [-0.15, -0.1) is 5.10 Å². The summed E-state index contributed by atoms with van der Waals surface area (Å²) in [7, 11) is 0. The molecule has 0 spiro atoms. The number of benzene rings is 1. The number of nitrogen functional groups attached to an aromatic ring is 1. The highest BCUT2D eigenvalue weighted by atomic mass is 32.1. The van der Waals surface area contributed by atoms with E-state index in [9.17, 15) is 0 Å². The molecule has 0 aliphatic rings. The summed E-state index contributed by atoms with van der Waals surface area (Å²) in [6, 6.07) is 3.68. The van der Waals surface area contributed by atoms with Crippen LogP contribution in [0.4, 0.5) is 5.69 Å². The van der Waals surface area contributed by atoms with Crippen LogP contribution in [0.15, 0.2) is 12.1 Å². The van der Waals surface area contributed by atoms with E-state index in [4.69, 9.17) is 10.5 Å². The van der Waals surface area contributed by atoms with Gasteiger partial charge in [0.15, 0.2) is 0 Å². The first-order valence-corrected chi connectivity index (χ1v) is 4.73. The summed E-state index contributed by atoms with van der Waals surface area (Å²) in [5.74, 6) is 0.709. The molecule has 13 heavy (non-hydrogen) atoms. The third-order valence-corrected chi connectivity index (χ3v) is 2.49. The summed E-state index contributed by atoms with van der Waals surface area (Å²) in [6.45, 7) is 2.54. The Labute approximate surface area is 79.5 Å². The van der Waals surface area contributed by atoms with E-state index in [0.717, 1.165) is 10.2 Å². The minimum absolute atomic E-state index is 0.613. The average Bonchev–Trinajstić information content (AvgIpc) is 2.58. The number of aromatic nitrogens is 2. The Morgan fingerprint density at radius 2 is 2.38 bits per heavy atom. The second kappa shape index (κ2) is 3.18. The Hall–Kier alpha value is -1.36. The molecule has 0 saturated carbocycles. The molecule has 0 unspecified atom stereocenters. The fourth-order valence-electron chi connectivity index (χ4n) is 1.13. The van der Waals surface area contributed by atoms with Crippen molar-refractivity contribution in [1.29, 1.82) is 0 Å². The van der Waals surface area contributed by atoms with Crippen LogP contribution in [0.5, 0.6) is 5.75 Å². The highest BCUT2D eigenvalue weighted by molar-refractivity contribution is 7.13. The van der Waals surface area contributed by atoms with Crippen LogP contribution >= 0.6 is 11.5 Å². The molecule has 0 saturated heterocycles. The van der Waals surface area contributed by atoms with E-state index in [1.807, 2.05) is 19.1 Å². The van der Waals surface area contributed by atoms with Gasteiger partial charge in [-0.1, -0.05) is 4.49 Å². The van der Waals surface area contributed by atoms with Crippen LogP contribution < -0.4 is 10.5 Å². The van der Waals surface area contributed by atoms with E-state index in [2.05, 4.69) is 9.59 Å². The van der Waals surface area contributed by atoms with Crippen molar-refractivity contribution in [3.8, 4) is 5.75 Å². The molecule has 0 fully saturated rings. The number of hydrogen-bond donors (Lipinski definition) is 1. The highest BCUT2D eigenvalue weighted by Gasteiger charge is 2.07. The van der Waals surface area contributed by atoms with E-state index in [-0.39, 0.29) is 0 Å². The molecule has 2 N–H and O–H groups in total. The van der Waals surface area contributed by atoms with Gasteiger partial charge in [0.2, 0.25) is 0 Å². The first kappa shape index (κ1) is 8.25. The smallest absolute Gasteiger partial charge is 0.143 e. The zero-order valence-electron chi connectivity index (χ0n) is 7.15. The van der Waals surface area contributed by atoms with Crippen molar-refractivity contribution in [2.45, 2.75) is 6.92 Å². The maximum absolute atomic E-state index is 5.85. The molecule has 0 bridgehead atoms. The third-order valence-electron chi connectivity index (χ3n) is 1.72. The monoisotopic (exact) mass is 195 g/mol. The molecular weight excluding hydrogens is 186 g/mol. The first-order valence-electron chi connectivity index (χ1n) is 3.96. The van der Waals surface area contributed by atoms with Crippen molar-refractivity contribution in [3.63, 3.8) is 0 Å². The van der Waals surface area contributed by atoms with Crippen molar-refractivity contribution in [3.05, 3.63) is 12.1 Å². The number of nitrogens with two attached hydrogens (primary N) is 1. The van der Waals surface area contributed by atoms with Crippen LogP contribution in [0.2, 0.25) is 0 Å². The number of ether oxygens (including phenoxy) is 1. The molecule has 2 rings (SSSR count). The van der Waals surface area contributed by atoms with Crippen LogP contribution in [0.1, 0.15) is 6.92 Å². The number of anilines is 1. The molecule has 0 amide bonds. The van der Waals surface area contributed by atoms with E-state index in [1.54, 1.807) is 0 Å². The normalized spacial score (nSPS) is 10.5. The topological polar surface area (TPSA) is 61.0 Å². The van der Waals surface area contributed by atoms with Crippen molar-refractivity contribution >= 4 is 27.4 Å². The Kier molecular flexibility index (Phi) is 2.02. The minimum atomic E-state index is 0.613. The Bertz CT molecular complexity index is 426. The Morgan fingerprint density at radius 1 is 1.54 bits per heavy atom. The second-order valence-corrected chi connectivity index (χ2v) is 3.29. The van der Waals surface area contributed by atoms with Gasteiger partial charge in [0.1, 0.15) is 16.0 Å². The zero-order valence-corrected chi connectivity index (χ0v) is 7.97. The molecule has 1 aromatic carbocycles. The molecule has 1 aromatic heterocycles. The summed E-state index contributed by atoms with van der Waals surface area (Å²) < 4.78 is 10.1. The van der Waals surface area contributed by atoms with Crippen LogP contribution in [-0.2, 0) is 0 Å². The Balaban J connectivity index is 2.59. The first-order chi connectivity index (χ1) is 6.33. The lowest BCUT2D eigenvalue weighted by Crippen LogP contribution is -1.96. The number of rotatable bonds is 2. The van der Waals surface area contributed by atoms with Gasteiger partial charge in [0.25, 0.3) is 0 Å². The number of fused-ring (bicyclic) bond motifs is 1. The zero-order chi connectivity index (χ0) is 9.26. The summed E-state index contributed by atoms with van der Waals surface area (Å²) in [4.78, 5) is 0. The van der Waals surface area contributed by atoms with Crippen LogP contribution in [0, 0.1) is 0 Å². The maximum atomic E-state index is 5.85. The fourth-order valence-corrected chi connectivity index (χ4v) is 1.74. The lowest BCUT2D eigenvalue weighted by molar-refractivity contribution is 0.342. The van der Waals surface area contributed by atoms with Crippen molar-refractivity contribution in [2.24, 2.45) is 0 Å². The van der Waals surface area contributed by atoms with Gasteiger partial charge in [-0.05, 0) is 30.6 Å². The van der Waals surface area contributed by atoms with Gasteiger partial charge in [0.05, 0.1) is 12.3 Å². The SMILES string of the molecule is CCOc1ccc2nnsc2c1N. The number of nitrogens with zero attached hydrogens (tertiary/aromatic N) is 2. The minimum Gasteiger partial charge on any atom is -0.492 e. The van der Waals surface area contributed by atoms with Gasteiger partial charge < -0.3 is 10.5 Å². The predicted molar refractivity (Wildman–Crippen MR) is 53.0 cm³/mol. The molecule has 4 nitrogen and oxygen atoms in total. The average molecular weight is 195 g/mol. The van der Waals surface area contributed by atoms with Crippen LogP contribution in [0.25, 0.3) is 10.2 Å². The summed E-state index contributed by atoms with van der Waals surface area (Å²) in [6.07, 6.45) is 0. The molecular formula is C8H9N3OS. The molecule has 0 aliphatic carbocycles. The molecule has 0 aliphatic heterocycles. The van der Waals surface area contributed by atoms with Gasteiger partial charge >= 0.3 is 0 Å². The standard InChI is InChI=1S/C8H9N3OS/c1-2-12-6-4-3-5-8(7(6)9)13-11-10-5/h3-4H,2,9H2,1H3. The van der Waals surface area contributed by atoms with E-state index >= 15 is 0 Å². The van der Waals surface area contributed by atoms with Gasteiger partial charge in [-0.3, -0.25) is 0 Å². The van der Waals surface area contributed by atoms with E-state index in [0.29, 0.717) is 18.0 Å². The lowest BCUT2D eigenvalue weighted by Gasteiger charge is -2.05. The fraction of sp³-hybridized carbons (Fsp3) is 0.250. The summed E-state index contributed by atoms with van der Waals surface area (Å²) in [5, 5.41) is 3.91. The molecule has 1 heterocycles. The number of hydrogen-bond acceptors (Lipinski definition) is 5. The Morgan fingerprint density at radius 3 is 3.15 bits per heavy atom. The van der Waals surface area contributed by atoms with Crippen molar-refractivity contribution < 1.29 is 4.74 Å². The summed E-state index contributed by atoms with van der Waals surface area (Å²) in [5.41, 5.74) is 7.31. The third kappa shape index (κ3) is 1.31. The van der Waals surface area contributed by atoms with Crippen molar-refractivity contribution in [2.75, 3.05) is 12.3 Å². The van der Waals surface area contributed by atoms with Crippen LogP contribution in [-0.4, -0.2) is 16.2 Å². The maximum Gasteiger partial charge on any atom is 0.143 e. The van der Waals surface area contributed by atoms with E-state index in [1.165, 1.54) is 11.5 Å². The molecule has 0 atom stereocenters. The molecule has 5 heteroatoms. The van der Waals surface area contributed by atoms with Crippen molar-refractivity contribution in [1.82, 2.24) is 9.59 Å².